The number of aromatic nitrogens is 1. The second-order valence-electron chi connectivity index (χ2n) is 3.58. The minimum atomic E-state index is 0.481. The van der Waals surface area contributed by atoms with Crippen LogP contribution in [0.25, 0.3) is 10.2 Å². The van der Waals surface area contributed by atoms with Crippen LogP contribution in [0.3, 0.4) is 0 Å². The molecule has 1 heterocycles. The van der Waals surface area contributed by atoms with Crippen molar-refractivity contribution in [2.45, 2.75) is 26.3 Å². The van der Waals surface area contributed by atoms with Crippen molar-refractivity contribution in [3.05, 3.63) is 22.7 Å². The number of thiazole rings is 1. The van der Waals surface area contributed by atoms with Crippen molar-refractivity contribution < 1.29 is 0 Å². The molecule has 0 saturated heterocycles. The molecule has 1 aromatic heterocycles. The van der Waals surface area contributed by atoms with Crippen molar-refractivity contribution in [2.75, 3.05) is 5.32 Å². The second kappa shape index (κ2) is 4.49. The zero-order valence-corrected chi connectivity index (χ0v) is 11.2. The van der Waals surface area contributed by atoms with E-state index >= 15 is 0 Å². The largest absolute Gasteiger partial charge is 0.359 e. The summed E-state index contributed by atoms with van der Waals surface area (Å²) in [5.74, 6) is 0. The maximum absolute atomic E-state index is 4.54. The molecule has 1 unspecified atom stereocenters. The molecule has 0 fully saturated rings. The lowest BCUT2D eigenvalue weighted by atomic mass is 10.3. The topological polar surface area (TPSA) is 24.9 Å². The summed E-state index contributed by atoms with van der Waals surface area (Å²) in [5.41, 5.74) is 1.06. The van der Waals surface area contributed by atoms with E-state index in [0.717, 1.165) is 21.5 Å². The van der Waals surface area contributed by atoms with Crippen molar-refractivity contribution in [3.63, 3.8) is 0 Å². The van der Waals surface area contributed by atoms with Crippen molar-refractivity contribution in [3.8, 4) is 0 Å². The fourth-order valence-corrected chi connectivity index (χ4v) is 2.58. The SMILES string of the molecule is CCC(C)Nc1nc2cc(Br)ccc2s1. The fourth-order valence-electron chi connectivity index (χ4n) is 1.28. The smallest absolute Gasteiger partial charge is 0.183 e. The van der Waals surface area contributed by atoms with Gasteiger partial charge in [0.2, 0.25) is 0 Å². The van der Waals surface area contributed by atoms with Crippen molar-refractivity contribution in [1.82, 2.24) is 4.98 Å². The summed E-state index contributed by atoms with van der Waals surface area (Å²) in [6, 6.07) is 6.68. The predicted octanol–water partition coefficient (Wildman–Crippen LogP) is 4.27. The molecular weight excluding hydrogens is 272 g/mol. The average Bonchev–Trinajstić information content (AvgIpc) is 2.59. The molecule has 1 aromatic carbocycles. The van der Waals surface area contributed by atoms with Gasteiger partial charge in [-0.1, -0.05) is 34.2 Å². The third kappa shape index (κ3) is 2.49. The van der Waals surface area contributed by atoms with Gasteiger partial charge in [0, 0.05) is 10.5 Å². The highest BCUT2D eigenvalue weighted by Gasteiger charge is 2.05. The lowest BCUT2D eigenvalue weighted by Crippen LogP contribution is -2.12. The maximum Gasteiger partial charge on any atom is 0.183 e. The van der Waals surface area contributed by atoms with E-state index in [2.05, 4.69) is 46.1 Å². The van der Waals surface area contributed by atoms with Gasteiger partial charge in [0.1, 0.15) is 0 Å². The van der Waals surface area contributed by atoms with Crippen LogP contribution in [0, 0.1) is 0 Å². The molecule has 1 atom stereocenters. The van der Waals surface area contributed by atoms with Crippen LogP contribution in [0.1, 0.15) is 20.3 Å². The Balaban J connectivity index is 2.30. The second-order valence-corrected chi connectivity index (χ2v) is 5.53. The first kappa shape index (κ1) is 10.9. The lowest BCUT2D eigenvalue weighted by molar-refractivity contribution is 0.763. The Morgan fingerprint density at radius 1 is 1.53 bits per heavy atom. The van der Waals surface area contributed by atoms with Gasteiger partial charge in [-0.15, -0.1) is 0 Å². The minimum absolute atomic E-state index is 0.481. The van der Waals surface area contributed by atoms with E-state index in [1.165, 1.54) is 4.70 Å². The summed E-state index contributed by atoms with van der Waals surface area (Å²) in [7, 11) is 0. The monoisotopic (exact) mass is 284 g/mol. The first-order chi connectivity index (χ1) is 7.19. The summed E-state index contributed by atoms with van der Waals surface area (Å²) in [6.45, 7) is 4.34. The Morgan fingerprint density at radius 3 is 3.07 bits per heavy atom. The van der Waals surface area contributed by atoms with E-state index in [1.54, 1.807) is 11.3 Å². The number of halogens is 1. The number of nitrogens with one attached hydrogen (secondary N) is 1. The van der Waals surface area contributed by atoms with Gasteiger partial charge in [-0.05, 0) is 31.5 Å². The summed E-state index contributed by atoms with van der Waals surface area (Å²) in [5, 5.41) is 4.40. The zero-order valence-electron chi connectivity index (χ0n) is 8.75. The van der Waals surface area contributed by atoms with Crippen LogP contribution in [-0.2, 0) is 0 Å². The average molecular weight is 285 g/mol. The molecule has 0 saturated carbocycles. The zero-order chi connectivity index (χ0) is 10.8. The molecule has 2 rings (SSSR count). The molecule has 0 aliphatic heterocycles. The summed E-state index contributed by atoms with van der Waals surface area (Å²) < 4.78 is 2.30. The predicted molar refractivity (Wildman–Crippen MR) is 70.7 cm³/mol. The summed E-state index contributed by atoms with van der Waals surface area (Å²) in [6.07, 6.45) is 1.11. The van der Waals surface area contributed by atoms with Crippen LogP contribution in [0.15, 0.2) is 22.7 Å². The highest BCUT2D eigenvalue weighted by Crippen LogP contribution is 2.28. The van der Waals surface area contributed by atoms with Gasteiger partial charge in [0.25, 0.3) is 0 Å². The number of hydrogen-bond acceptors (Lipinski definition) is 3. The molecule has 2 aromatic rings. The number of benzene rings is 1. The van der Waals surface area contributed by atoms with E-state index in [9.17, 15) is 0 Å². The number of hydrogen-bond donors (Lipinski definition) is 1. The van der Waals surface area contributed by atoms with E-state index in [-0.39, 0.29) is 0 Å². The number of rotatable bonds is 3. The van der Waals surface area contributed by atoms with Gasteiger partial charge < -0.3 is 5.32 Å². The molecule has 1 N–H and O–H groups in total. The molecule has 4 heteroatoms. The molecule has 0 aliphatic rings. The van der Waals surface area contributed by atoms with Gasteiger partial charge in [0.05, 0.1) is 10.2 Å². The van der Waals surface area contributed by atoms with Crippen LogP contribution in [0.2, 0.25) is 0 Å². The van der Waals surface area contributed by atoms with E-state index in [0.29, 0.717) is 6.04 Å². The minimum Gasteiger partial charge on any atom is -0.359 e. The first-order valence-electron chi connectivity index (χ1n) is 5.01. The molecule has 0 amide bonds. The molecule has 0 radical (unpaired) electrons. The molecule has 0 spiro atoms. The van der Waals surface area contributed by atoms with Crippen LogP contribution < -0.4 is 5.32 Å². The third-order valence-corrected chi connectivity index (χ3v) is 3.79. The number of fused-ring (bicyclic) bond motifs is 1. The van der Waals surface area contributed by atoms with Gasteiger partial charge >= 0.3 is 0 Å². The Bertz CT molecular complexity index is 467. The highest BCUT2D eigenvalue weighted by atomic mass is 79.9. The van der Waals surface area contributed by atoms with E-state index in [1.807, 2.05) is 12.1 Å². The normalized spacial score (nSPS) is 13.0. The van der Waals surface area contributed by atoms with Gasteiger partial charge in [-0.2, -0.15) is 0 Å². The van der Waals surface area contributed by atoms with E-state index < -0.39 is 0 Å². The van der Waals surface area contributed by atoms with Crippen molar-refractivity contribution in [1.29, 1.82) is 0 Å². The van der Waals surface area contributed by atoms with Gasteiger partial charge in [-0.25, -0.2) is 4.98 Å². The van der Waals surface area contributed by atoms with Crippen LogP contribution in [0.5, 0.6) is 0 Å². The standard InChI is InChI=1S/C11H13BrN2S/c1-3-7(2)13-11-14-9-6-8(12)4-5-10(9)15-11/h4-7H,3H2,1-2H3,(H,13,14). The molecule has 0 aliphatic carbocycles. The Kier molecular flexibility index (Phi) is 3.26. The molecule has 0 bridgehead atoms. The third-order valence-electron chi connectivity index (χ3n) is 2.33. The maximum atomic E-state index is 4.54. The van der Waals surface area contributed by atoms with E-state index in [4.69, 9.17) is 0 Å². The van der Waals surface area contributed by atoms with Crippen LogP contribution >= 0.6 is 27.3 Å². The Morgan fingerprint density at radius 2 is 2.33 bits per heavy atom. The van der Waals surface area contributed by atoms with Crippen molar-refractivity contribution in [2.24, 2.45) is 0 Å². The highest BCUT2D eigenvalue weighted by molar-refractivity contribution is 9.10. The number of nitrogens with zero attached hydrogens (tertiary/aromatic N) is 1. The molecule has 2 nitrogen and oxygen atoms in total. The Labute approximate surface area is 102 Å². The molecule has 80 valence electrons. The fraction of sp³-hybridized carbons (Fsp3) is 0.364. The number of anilines is 1. The molecular formula is C11H13BrN2S. The van der Waals surface area contributed by atoms with Gasteiger partial charge in [-0.3, -0.25) is 0 Å². The van der Waals surface area contributed by atoms with Crippen molar-refractivity contribution >= 4 is 42.6 Å². The Hall–Kier alpha value is -0.610. The van der Waals surface area contributed by atoms with Crippen LogP contribution in [-0.4, -0.2) is 11.0 Å². The molecule has 15 heavy (non-hydrogen) atoms. The first-order valence-corrected chi connectivity index (χ1v) is 6.62. The van der Waals surface area contributed by atoms with Gasteiger partial charge in [0.15, 0.2) is 5.13 Å². The quantitative estimate of drug-likeness (QED) is 0.911. The lowest BCUT2D eigenvalue weighted by Gasteiger charge is -2.08. The van der Waals surface area contributed by atoms with Crippen LogP contribution in [0.4, 0.5) is 5.13 Å². The summed E-state index contributed by atoms with van der Waals surface area (Å²) >= 11 is 5.16. The summed E-state index contributed by atoms with van der Waals surface area (Å²) in [4.78, 5) is 4.54.